The topological polar surface area (TPSA) is 47.4 Å². The zero-order chi connectivity index (χ0) is 10.6. The number of amides is 1. The van der Waals surface area contributed by atoms with Gasteiger partial charge in [-0.1, -0.05) is 0 Å². The van der Waals surface area contributed by atoms with Crippen LogP contribution in [0.2, 0.25) is 0 Å². The number of carbonyl (C=O) groups is 1. The van der Waals surface area contributed by atoms with Crippen LogP contribution in [0.15, 0.2) is 0 Å². The third-order valence-electron chi connectivity index (χ3n) is 2.60. The largest absolute Gasteiger partial charge is 0.340 e. The monoisotopic (exact) mass is 198 g/mol. The van der Waals surface area contributed by atoms with Gasteiger partial charge in [0.1, 0.15) is 6.04 Å². The van der Waals surface area contributed by atoms with Crippen LogP contribution >= 0.6 is 0 Å². The average Bonchev–Trinajstić information content (AvgIpc) is 2.28. The molecule has 4 heteroatoms. The molecule has 1 aliphatic rings. The van der Waals surface area contributed by atoms with Gasteiger partial charge in [0.25, 0.3) is 0 Å². The summed E-state index contributed by atoms with van der Waals surface area (Å²) in [6.07, 6.45) is 2.80. The van der Waals surface area contributed by atoms with Crippen LogP contribution in [0.5, 0.6) is 0 Å². The lowest BCUT2D eigenvalue weighted by atomic mass is 10.1. The van der Waals surface area contributed by atoms with E-state index in [-0.39, 0.29) is 5.91 Å². The number of carbonyl (C=O) groups excluding carboxylic acids is 1. The molecule has 1 radical (unpaired) electrons. The van der Waals surface area contributed by atoms with Crippen molar-refractivity contribution in [1.29, 1.82) is 0 Å². The quantitative estimate of drug-likeness (QED) is 0.651. The predicted molar refractivity (Wildman–Crippen MR) is 55.9 cm³/mol. The molecule has 81 valence electrons. The molecule has 0 spiro atoms. The number of hydrogen-bond donors (Lipinski definition) is 0. The molecule has 0 aromatic heterocycles. The fraction of sp³-hybridized carbons (Fsp3) is 0.900. The van der Waals surface area contributed by atoms with Gasteiger partial charge in [-0.2, -0.15) is 0 Å². The van der Waals surface area contributed by atoms with Crippen LogP contribution < -0.4 is 5.73 Å². The smallest absolute Gasteiger partial charge is 0.241 e. The highest BCUT2D eigenvalue weighted by molar-refractivity contribution is 5.81. The number of nitrogens with one attached hydrogen (secondary N) is 1. The minimum atomic E-state index is -0.514. The highest BCUT2D eigenvalue weighted by Gasteiger charge is 2.23. The van der Waals surface area contributed by atoms with Crippen molar-refractivity contribution in [2.45, 2.75) is 25.3 Å². The Hall–Kier alpha value is -0.610. The van der Waals surface area contributed by atoms with Crippen molar-refractivity contribution >= 4 is 5.91 Å². The van der Waals surface area contributed by atoms with Crippen LogP contribution in [0.4, 0.5) is 0 Å². The lowest BCUT2D eigenvalue weighted by Crippen LogP contribution is -2.41. The molecular formula is C10H20N3O. The second kappa shape index (κ2) is 5.32. The lowest BCUT2D eigenvalue weighted by molar-refractivity contribution is -0.132. The van der Waals surface area contributed by atoms with Crippen LogP contribution in [0, 0.1) is 0 Å². The summed E-state index contributed by atoms with van der Waals surface area (Å²) in [5.41, 5.74) is 7.63. The van der Waals surface area contributed by atoms with E-state index in [1.54, 1.807) is 0 Å². The maximum Gasteiger partial charge on any atom is 0.241 e. The summed E-state index contributed by atoms with van der Waals surface area (Å²) in [4.78, 5) is 15.6. The highest BCUT2D eigenvalue weighted by atomic mass is 16.2. The first-order chi connectivity index (χ1) is 6.61. The molecule has 1 atom stereocenters. The first-order valence-corrected chi connectivity index (χ1v) is 5.26. The van der Waals surface area contributed by atoms with Crippen LogP contribution in [0.1, 0.15) is 19.3 Å². The molecule has 0 saturated carbocycles. The van der Waals surface area contributed by atoms with Crippen molar-refractivity contribution in [1.82, 2.24) is 15.5 Å². The molecule has 1 rings (SSSR count). The maximum atomic E-state index is 11.7. The van der Waals surface area contributed by atoms with Crippen molar-refractivity contribution in [2.75, 3.05) is 33.7 Å². The predicted octanol–water partition coefficient (Wildman–Crippen LogP) is 0.212. The molecule has 4 nitrogen and oxygen atoms in total. The Balaban J connectivity index is 2.44. The normalized spacial score (nSPS) is 24.1. The van der Waals surface area contributed by atoms with Crippen molar-refractivity contribution in [2.24, 2.45) is 0 Å². The Morgan fingerprint density at radius 1 is 1.50 bits per heavy atom. The van der Waals surface area contributed by atoms with Gasteiger partial charge < -0.3 is 9.80 Å². The minimum Gasteiger partial charge on any atom is -0.340 e. The molecule has 0 bridgehead atoms. The molecule has 0 aromatic rings. The first kappa shape index (κ1) is 11.5. The van der Waals surface area contributed by atoms with Gasteiger partial charge in [-0.15, -0.1) is 0 Å². The zero-order valence-electron chi connectivity index (χ0n) is 9.12. The third-order valence-corrected chi connectivity index (χ3v) is 2.60. The van der Waals surface area contributed by atoms with Gasteiger partial charge in [0.05, 0.1) is 0 Å². The SMILES string of the molecule is CN(C)CCN1CCCCC([NH])C1=O. The fourth-order valence-corrected chi connectivity index (χ4v) is 1.65. The molecule has 1 fully saturated rings. The molecule has 1 aliphatic heterocycles. The van der Waals surface area contributed by atoms with Gasteiger partial charge in [0.2, 0.25) is 5.91 Å². The summed E-state index contributed by atoms with van der Waals surface area (Å²) in [6, 6.07) is -0.514. The summed E-state index contributed by atoms with van der Waals surface area (Å²) in [5, 5.41) is 0. The lowest BCUT2D eigenvalue weighted by Gasteiger charge is -2.23. The number of hydrogen-bond acceptors (Lipinski definition) is 2. The van der Waals surface area contributed by atoms with E-state index in [2.05, 4.69) is 4.90 Å². The Morgan fingerprint density at radius 3 is 2.86 bits per heavy atom. The van der Waals surface area contributed by atoms with Crippen LogP contribution in [0.25, 0.3) is 0 Å². The van der Waals surface area contributed by atoms with E-state index < -0.39 is 6.04 Å². The van der Waals surface area contributed by atoms with E-state index >= 15 is 0 Å². The summed E-state index contributed by atoms with van der Waals surface area (Å²) in [6.45, 7) is 2.49. The van der Waals surface area contributed by atoms with Crippen molar-refractivity contribution < 1.29 is 4.79 Å². The molecule has 1 N–H and O–H groups in total. The Kier molecular flexibility index (Phi) is 4.35. The molecule has 1 unspecified atom stereocenters. The van der Waals surface area contributed by atoms with E-state index in [0.29, 0.717) is 0 Å². The van der Waals surface area contributed by atoms with E-state index in [0.717, 1.165) is 38.9 Å². The Morgan fingerprint density at radius 2 is 2.21 bits per heavy atom. The van der Waals surface area contributed by atoms with Crippen LogP contribution in [0.3, 0.4) is 0 Å². The molecular weight excluding hydrogens is 178 g/mol. The van der Waals surface area contributed by atoms with Crippen LogP contribution in [-0.4, -0.2) is 55.5 Å². The molecule has 1 heterocycles. The van der Waals surface area contributed by atoms with Gasteiger partial charge >= 0.3 is 0 Å². The Bertz CT molecular complexity index is 194. The number of nitrogens with zero attached hydrogens (tertiary/aromatic N) is 2. The Labute approximate surface area is 86.0 Å². The molecule has 1 saturated heterocycles. The van der Waals surface area contributed by atoms with E-state index in [4.69, 9.17) is 5.73 Å². The molecule has 0 aliphatic carbocycles. The van der Waals surface area contributed by atoms with E-state index in [9.17, 15) is 4.79 Å². The number of likely N-dealkylation sites (tertiary alicyclic amines) is 1. The van der Waals surface area contributed by atoms with Crippen molar-refractivity contribution in [3.05, 3.63) is 0 Å². The van der Waals surface area contributed by atoms with Gasteiger partial charge in [-0.3, -0.25) is 4.79 Å². The highest BCUT2D eigenvalue weighted by Crippen LogP contribution is 2.11. The van der Waals surface area contributed by atoms with Gasteiger partial charge in [-0.05, 0) is 33.4 Å². The second-order valence-corrected chi connectivity index (χ2v) is 4.18. The summed E-state index contributed by atoms with van der Waals surface area (Å²) in [5.74, 6) is 0.0179. The van der Waals surface area contributed by atoms with E-state index in [1.165, 1.54) is 0 Å². The summed E-state index contributed by atoms with van der Waals surface area (Å²) in [7, 11) is 4.00. The fourth-order valence-electron chi connectivity index (χ4n) is 1.65. The third kappa shape index (κ3) is 3.27. The summed E-state index contributed by atoms with van der Waals surface area (Å²) < 4.78 is 0. The second-order valence-electron chi connectivity index (χ2n) is 4.18. The zero-order valence-corrected chi connectivity index (χ0v) is 9.12. The number of likely N-dealkylation sites (N-methyl/N-ethyl adjacent to an activating group) is 1. The molecule has 14 heavy (non-hydrogen) atoms. The van der Waals surface area contributed by atoms with Crippen molar-refractivity contribution in [3.63, 3.8) is 0 Å². The van der Waals surface area contributed by atoms with Gasteiger partial charge in [-0.25, -0.2) is 5.73 Å². The summed E-state index contributed by atoms with van der Waals surface area (Å²) >= 11 is 0. The maximum absolute atomic E-state index is 11.7. The standard InChI is InChI=1S/C10H20N3O/c1-12(2)7-8-13-6-4-3-5-9(11)10(13)14/h9,11H,3-8H2,1-2H3. The van der Waals surface area contributed by atoms with E-state index in [1.807, 2.05) is 19.0 Å². The van der Waals surface area contributed by atoms with Crippen LogP contribution in [-0.2, 0) is 4.79 Å². The molecule has 0 aromatic carbocycles. The first-order valence-electron chi connectivity index (χ1n) is 5.26. The average molecular weight is 198 g/mol. The molecule has 1 amide bonds. The number of rotatable bonds is 3. The van der Waals surface area contributed by atoms with Gasteiger partial charge in [0.15, 0.2) is 0 Å². The van der Waals surface area contributed by atoms with Crippen molar-refractivity contribution in [3.8, 4) is 0 Å². The van der Waals surface area contributed by atoms with Gasteiger partial charge in [0, 0.05) is 19.6 Å². The minimum absolute atomic E-state index is 0.0179.